The highest BCUT2D eigenvalue weighted by Crippen LogP contribution is 2.22. The van der Waals surface area contributed by atoms with Crippen molar-refractivity contribution in [3.63, 3.8) is 0 Å². The molecule has 1 fully saturated rings. The number of ether oxygens (including phenoxy) is 2. The van der Waals surface area contributed by atoms with E-state index in [9.17, 15) is 4.79 Å². The van der Waals surface area contributed by atoms with Gasteiger partial charge in [0, 0.05) is 31.1 Å². The number of rotatable bonds is 4. The molecule has 0 aromatic carbocycles. The molecule has 1 atom stereocenters. The summed E-state index contributed by atoms with van der Waals surface area (Å²) < 4.78 is 13.7. The molecule has 4 heterocycles. The van der Waals surface area contributed by atoms with Gasteiger partial charge in [0.15, 0.2) is 0 Å². The van der Waals surface area contributed by atoms with Crippen LogP contribution >= 0.6 is 0 Å². The Bertz CT molecular complexity index is 879. The molecule has 3 aromatic heterocycles. The zero-order chi connectivity index (χ0) is 16.5. The first-order valence-corrected chi connectivity index (χ1v) is 7.76. The van der Waals surface area contributed by atoms with Crippen molar-refractivity contribution in [3.05, 3.63) is 47.7 Å². The van der Waals surface area contributed by atoms with E-state index in [0.717, 1.165) is 30.1 Å². The maximum atomic E-state index is 11.6. The van der Waals surface area contributed by atoms with Crippen molar-refractivity contribution in [2.75, 3.05) is 20.3 Å². The zero-order valence-electron chi connectivity index (χ0n) is 13.3. The van der Waals surface area contributed by atoms with Gasteiger partial charge >= 0.3 is 5.97 Å². The molecule has 124 valence electrons. The highest BCUT2D eigenvalue weighted by molar-refractivity contribution is 5.89. The fourth-order valence-electron chi connectivity index (χ4n) is 2.87. The van der Waals surface area contributed by atoms with E-state index in [4.69, 9.17) is 9.47 Å². The van der Waals surface area contributed by atoms with Crippen LogP contribution in [-0.2, 0) is 16.0 Å². The van der Waals surface area contributed by atoms with Crippen molar-refractivity contribution in [2.24, 2.45) is 0 Å². The number of fused-ring (bicyclic) bond motifs is 1. The van der Waals surface area contributed by atoms with Gasteiger partial charge in [-0.05, 0) is 18.6 Å². The summed E-state index contributed by atoms with van der Waals surface area (Å²) in [6.45, 7) is 2.02. The van der Waals surface area contributed by atoms with Gasteiger partial charge in [-0.3, -0.25) is 0 Å². The lowest BCUT2D eigenvalue weighted by atomic mass is 10.1. The number of aromatic nitrogens is 5. The number of carbonyl (C=O) groups excluding carboxylic acids is 1. The molecule has 3 aromatic rings. The number of methoxy groups -OCH3 is 1. The number of hydrogen-bond donors (Lipinski definition) is 0. The van der Waals surface area contributed by atoms with Crippen LogP contribution in [0.1, 0.15) is 34.1 Å². The van der Waals surface area contributed by atoms with Gasteiger partial charge in [0.2, 0.25) is 0 Å². The summed E-state index contributed by atoms with van der Waals surface area (Å²) in [7, 11) is 1.36. The molecule has 0 N–H and O–H groups in total. The number of imidazole rings is 1. The van der Waals surface area contributed by atoms with Crippen LogP contribution in [0.2, 0.25) is 0 Å². The molecule has 0 amide bonds. The molecule has 1 aliphatic heterocycles. The third-order valence-electron chi connectivity index (χ3n) is 4.15. The largest absolute Gasteiger partial charge is 0.465 e. The third kappa shape index (κ3) is 2.76. The van der Waals surface area contributed by atoms with Crippen molar-refractivity contribution >= 4 is 11.6 Å². The Kier molecular flexibility index (Phi) is 3.73. The highest BCUT2D eigenvalue weighted by atomic mass is 16.5. The smallest absolute Gasteiger partial charge is 0.339 e. The monoisotopic (exact) mass is 327 g/mol. The number of esters is 1. The molecule has 0 spiro atoms. The Hall–Kier alpha value is -2.74. The predicted molar refractivity (Wildman–Crippen MR) is 83.8 cm³/mol. The van der Waals surface area contributed by atoms with Crippen molar-refractivity contribution in [2.45, 2.75) is 18.9 Å². The first kappa shape index (κ1) is 14.8. The summed E-state index contributed by atoms with van der Waals surface area (Å²) in [5.41, 5.74) is 3.06. The average Bonchev–Trinajstić information content (AvgIpc) is 3.33. The van der Waals surface area contributed by atoms with Crippen LogP contribution in [0.3, 0.4) is 0 Å². The fraction of sp³-hybridized carbons (Fsp3) is 0.375. The second-order valence-corrected chi connectivity index (χ2v) is 5.81. The lowest BCUT2D eigenvalue weighted by molar-refractivity contribution is 0.0600. The van der Waals surface area contributed by atoms with E-state index in [1.165, 1.54) is 7.11 Å². The molecule has 24 heavy (non-hydrogen) atoms. The quantitative estimate of drug-likeness (QED) is 0.671. The van der Waals surface area contributed by atoms with Crippen LogP contribution < -0.4 is 0 Å². The normalized spacial score (nSPS) is 17.5. The predicted octanol–water partition coefficient (Wildman–Crippen LogP) is 1.26. The van der Waals surface area contributed by atoms with Crippen molar-refractivity contribution in [3.8, 4) is 0 Å². The minimum atomic E-state index is -0.369. The summed E-state index contributed by atoms with van der Waals surface area (Å²) in [6, 6.07) is 3.49. The fourth-order valence-corrected chi connectivity index (χ4v) is 2.87. The van der Waals surface area contributed by atoms with Crippen molar-refractivity contribution in [1.82, 2.24) is 24.4 Å². The summed E-state index contributed by atoms with van der Waals surface area (Å²) in [6.07, 6.45) is 6.52. The minimum absolute atomic E-state index is 0.336. The lowest BCUT2D eigenvalue weighted by Gasteiger charge is -2.00. The molecule has 0 saturated carbocycles. The van der Waals surface area contributed by atoms with Gasteiger partial charge in [-0.2, -0.15) is 0 Å². The topological polar surface area (TPSA) is 83.5 Å². The number of carbonyl (C=O) groups is 1. The average molecular weight is 327 g/mol. The molecule has 0 bridgehead atoms. The summed E-state index contributed by atoms with van der Waals surface area (Å²) in [4.78, 5) is 16.1. The molecule has 1 saturated heterocycles. The van der Waals surface area contributed by atoms with Gasteiger partial charge in [-0.1, -0.05) is 5.21 Å². The Balaban J connectivity index is 1.55. The van der Waals surface area contributed by atoms with E-state index in [1.54, 1.807) is 23.0 Å². The van der Waals surface area contributed by atoms with Crippen LogP contribution in [0.4, 0.5) is 0 Å². The molecule has 8 nitrogen and oxygen atoms in total. The SMILES string of the molecule is COC(=O)c1ccc2nc(Cn3cc(C4CCOC4)nn3)cn2c1. The van der Waals surface area contributed by atoms with Gasteiger partial charge in [0.05, 0.1) is 37.2 Å². The zero-order valence-corrected chi connectivity index (χ0v) is 13.3. The van der Waals surface area contributed by atoms with E-state index in [0.29, 0.717) is 24.6 Å². The standard InChI is InChI=1S/C16H17N5O3/c1-23-16(22)11-2-3-15-17-13(7-20(15)6-11)8-21-9-14(18-19-21)12-4-5-24-10-12/h2-3,6-7,9,12H,4-5,8,10H2,1H3. The number of hydrogen-bond acceptors (Lipinski definition) is 6. The number of nitrogens with zero attached hydrogens (tertiary/aromatic N) is 5. The third-order valence-corrected chi connectivity index (χ3v) is 4.15. The molecular weight excluding hydrogens is 310 g/mol. The Morgan fingerprint density at radius 3 is 3.08 bits per heavy atom. The van der Waals surface area contributed by atoms with Crippen LogP contribution in [0.5, 0.6) is 0 Å². The highest BCUT2D eigenvalue weighted by Gasteiger charge is 2.21. The van der Waals surface area contributed by atoms with E-state index < -0.39 is 0 Å². The van der Waals surface area contributed by atoms with Gasteiger partial charge in [-0.25, -0.2) is 14.5 Å². The number of pyridine rings is 1. The van der Waals surface area contributed by atoms with Crippen molar-refractivity contribution < 1.29 is 14.3 Å². The van der Waals surface area contributed by atoms with Crippen LogP contribution in [0.25, 0.3) is 5.65 Å². The van der Waals surface area contributed by atoms with E-state index in [1.807, 2.05) is 16.8 Å². The maximum absolute atomic E-state index is 11.6. The van der Waals surface area contributed by atoms with Gasteiger partial charge < -0.3 is 13.9 Å². The van der Waals surface area contributed by atoms with Gasteiger partial charge in [0.1, 0.15) is 5.65 Å². The van der Waals surface area contributed by atoms with Crippen LogP contribution in [-0.4, -0.2) is 50.7 Å². The first-order valence-electron chi connectivity index (χ1n) is 7.76. The summed E-state index contributed by atoms with van der Waals surface area (Å²) >= 11 is 0. The molecule has 1 unspecified atom stereocenters. The summed E-state index contributed by atoms with van der Waals surface area (Å²) in [5, 5.41) is 8.41. The van der Waals surface area contributed by atoms with Crippen LogP contribution in [0, 0.1) is 0 Å². The first-order chi connectivity index (χ1) is 11.7. The van der Waals surface area contributed by atoms with Crippen molar-refractivity contribution in [1.29, 1.82) is 0 Å². The minimum Gasteiger partial charge on any atom is -0.465 e. The molecule has 1 aliphatic rings. The molecular formula is C16H17N5O3. The lowest BCUT2D eigenvalue weighted by Crippen LogP contribution is -2.02. The van der Waals surface area contributed by atoms with E-state index in [2.05, 4.69) is 15.3 Å². The van der Waals surface area contributed by atoms with Crippen LogP contribution in [0.15, 0.2) is 30.7 Å². The van der Waals surface area contributed by atoms with E-state index in [-0.39, 0.29) is 5.97 Å². The van der Waals surface area contributed by atoms with Gasteiger partial charge in [0.25, 0.3) is 0 Å². The Labute approximate surface area is 138 Å². The maximum Gasteiger partial charge on any atom is 0.339 e. The second-order valence-electron chi connectivity index (χ2n) is 5.81. The second kappa shape index (κ2) is 6.04. The molecule has 0 aliphatic carbocycles. The van der Waals surface area contributed by atoms with E-state index >= 15 is 0 Å². The summed E-state index contributed by atoms with van der Waals surface area (Å²) in [5.74, 6) is -0.0331. The molecule has 8 heteroatoms. The molecule has 0 radical (unpaired) electrons. The Morgan fingerprint density at radius 1 is 1.38 bits per heavy atom. The van der Waals surface area contributed by atoms with Gasteiger partial charge in [-0.15, -0.1) is 5.10 Å². The Morgan fingerprint density at radius 2 is 2.29 bits per heavy atom. The molecule has 4 rings (SSSR count).